The average Bonchev–Trinajstić information content (AvgIpc) is 3.53. The van der Waals surface area contributed by atoms with Crippen LogP contribution < -0.4 is 15.8 Å². The Bertz CT molecular complexity index is 1810. The molecule has 2 amide bonds. The third-order valence-electron chi connectivity index (χ3n) is 6.79. The smallest absolute Gasteiger partial charge is 0.411 e. The molecule has 2 heterocycles. The summed E-state index contributed by atoms with van der Waals surface area (Å²) < 4.78 is 16.3. The van der Waals surface area contributed by atoms with Gasteiger partial charge < -0.3 is 15.0 Å². The highest BCUT2D eigenvalue weighted by molar-refractivity contribution is 6.31. The van der Waals surface area contributed by atoms with Crippen molar-refractivity contribution in [3.05, 3.63) is 118 Å². The number of carboxylic acid groups (broad SMARTS) is 1. The van der Waals surface area contributed by atoms with E-state index in [0.29, 0.717) is 38.8 Å². The molecule has 5 aromatic rings. The maximum absolute atomic E-state index is 13.6. The molecule has 2 N–H and O–H groups in total. The normalized spacial score (nSPS) is 11.6. The largest absolute Gasteiger partial charge is 0.465 e. The number of nitrogens with zero attached hydrogens (tertiary/aromatic N) is 6. The fraction of sp³-hybridized carbons (Fsp3) is 0.133. The van der Waals surface area contributed by atoms with Crippen LogP contribution in [0, 0.1) is 5.82 Å². The molecule has 0 fully saturated rings. The molecule has 13 heteroatoms. The van der Waals surface area contributed by atoms with Crippen LogP contribution in [0.5, 0.6) is 0 Å². The minimum atomic E-state index is -1.09. The van der Waals surface area contributed by atoms with Gasteiger partial charge in [0.1, 0.15) is 18.2 Å². The van der Waals surface area contributed by atoms with Crippen LogP contribution in [-0.2, 0) is 11.2 Å². The molecule has 0 aliphatic heterocycles. The number of tetrazole rings is 1. The van der Waals surface area contributed by atoms with Gasteiger partial charge in [0.05, 0.1) is 5.69 Å². The molecule has 5 rings (SSSR count). The van der Waals surface area contributed by atoms with Crippen molar-refractivity contribution in [1.82, 2.24) is 24.8 Å². The first kappa shape index (κ1) is 29.1. The van der Waals surface area contributed by atoms with Crippen molar-refractivity contribution in [2.24, 2.45) is 0 Å². The molecule has 0 radical (unpaired) electrons. The van der Waals surface area contributed by atoms with Crippen LogP contribution in [0.3, 0.4) is 0 Å². The SMILES string of the molecule is CCN(C(=O)O)c1ccc(NC(=O)[C@@H](Cc2ccc(F)cc2)n2ccc(-c3cc(Cl)ccc3-n3cnnn3)cc2=O)cc1. The molecule has 0 bridgehead atoms. The Hall–Kier alpha value is -5.36. The quantitative estimate of drug-likeness (QED) is 0.237. The van der Waals surface area contributed by atoms with Gasteiger partial charge in [0, 0.05) is 47.2 Å². The Morgan fingerprint density at radius 2 is 1.79 bits per heavy atom. The minimum Gasteiger partial charge on any atom is -0.465 e. The molecule has 0 saturated carbocycles. The van der Waals surface area contributed by atoms with Crippen LogP contribution in [0.1, 0.15) is 18.5 Å². The molecule has 0 spiro atoms. The standard InChI is InChI=1S/C30H25ClFN7O4/c1-2-37(30(42)43)24-10-8-23(9-11-24)34-29(41)27(15-19-3-6-22(32)7-4-19)38-14-13-20(16-28(38)40)25-17-21(31)5-12-26(25)39-18-33-35-36-39/h3-14,16-18,27H,2,15H2,1H3,(H,34,41)(H,42,43)/t27-/m1/s1. The number of pyridine rings is 1. The molecule has 3 aromatic carbocycles. The number of nitrogens with one attached hydrogen (secondary N) is 1. The molecular formula is C30H25ClFN7O4. The highest BCUT2D eigenvalue weighted by atomic mass is 35.5. The fourth-order valence-corrected chi connectivity index (χ4v) is 4.84. The number of halogens is 2. The number of carbonyl (C=O) groups excluding carboxylic acids is 1. The van der Waals surface area contributed by atoms with E-state index in [9.17, 15) is 23.9 Å². The van der Waals surface area contributed by atoms with Gasteiger partial charge in [0.2, 0.25) is 5.91 Å². The maximum atomic E-state index is 13.6. The number of aromatic nitrogens is 5. The Labute approximate surface area is 249 Å². The molecule has 11 nitrogen and oxygen atoms in total. The lowest BCUT2D eigenvalue weighted by molar-refractivity contribution is -0.119. The van der Waals surface area contributed by atoms with E-state index >= 15 is 0 Å². The number of rotatable bonds is 9. The van der Waals surface area contributed by atoms with Crippen molar-refractivity contribution in [1.29, 1.82) is 0 Å². The summed E-state index contributed by atoms with van der Waals surface area (Å²) in [5.41, 5.74) is 2.77. The summed E-state index contributed by atoms with van der Waals surface area (Å²) in [4.78, 5) is 39.8. The Morgan fingerprint density at radius 1 is 1.05 bits per heavy atom. The summed E-state index contributed by atoms with van der Waals surface area (Å²) in [6.45, 7) is 1.97. The lowest BCUT2D eigenvalue weighted by Crippen LogP contribution is -2.34. The summed E-state index contributed by atoms with van der Waals surface area (Å²) in [7, 11) is 0. The van der Waals surface area contributed by atoms with Gasteiger partial charge in [0.25, 0.3) is 5.56 Å². The van der Waals surface area contributed by atoms with Crippen LogP contribution in [0.2, 0.25) is 5.02 Å². The first-order chi connectivity index (χ1) is 20.7. The van der Waals surface area contributed by atoms with Gasteiger partial charge >= 0.3 is 6.09 Å². The summed E-state index contributed by atoms with van der Waals surface area (Å²) in [5.74, 6) is -0.914. The molecule has 43 heavy (non-hydrogen) atoms. The van der Waals surface area contributed by atoms with Crippen molar-refractivity contribution >= 4 is 35.0 Å². The van der Waals surface area contributed by atoms with Gasteiger partial charge in [-0.05, 0) is 89.1 Å². The van der Waals surface area contributed by atoms with E-state index in [1.165, 1.54) is 40.0 Å². The van der Waals surface area contributed by atoms with Crippen molar-refractivity contribution in [2.45, 2.75) is 19.4 Å². The van der Waals surface area contributed by atoms with E-state index in [1.807, 2.05) is 0 Å². The monoisotopic (exact) mass is 601 g/mol. The van der Waals surface area contributed by atoms with Crippen LogP contribution in [-0.4, -0.2) is 48.4 Å². The summed E-state index contributed by atoms with van der Waals surface area (Å²) >= 11 is 6.26. The molecular weight excluding hydrogens is 577 g/mol. The number of hydrogen-bond donors (Lipinski definition) is 2. The fourth-order valence-electron chi connectivity index (χ4n) is 4.67. The number of carbonyl (C=O) groups is 2. The highest BCUT2D eigenvalue weighted by Gasteiger charge is 2.23. The molecule has 0 aliphatic carbocycles. The van der Waals surface area contributed by atoms with Crippen molar-refractivity contribution in [2.75, 3.05) is 16.8 Å². The Kier molecular flexibility index (Phi) is 8.58. The van der Waals surface area contributed by atoms with Gasteiger partial charge in [-0.15, -0.1) is 5.10 Å². The van der Waals surface area contributed by atoms with Gasteiger partial charge in [-0.2, -0.15) is 4.68 Å². The number of anilines is 2. The lowest BCUT2D eigenvalue weighted by Gasteiger charge is -2.21. The predicted octanol–water partition coefficient (Wildman–Crippen LogP) is 5.21. The second kappa shape index (κ2) is 12.7. The molecule has 0 saturated heterocycles. The van der Waals surface area contributed by atoms with Gasteiger partial charge in [-0.25, -0.2) is 9.18 Å². The molecule has 218 valence electrons. The summed E-state index contributed by atoms with van der Waals surface area (Å²) in [5, 5.41) is 23.9. The van der Waals surface area contributed by atoms with Gasteiger partial charge in [-0.1, -0.05) is 23.7 Å². The van der Waals surface area contributed by atoms with Crippen LogP contribution in [0.25, 0.3) is 16.8 Å². The number of hydrogen-bond acceptors (Lipinski definition) is 6. The zero-order valence-electron chi connectivity index (χ0n) is 22.8. The van der Waals surface area contributed by atoms with E-state index in [-0.39, 0.29) is 13.0 Å². The third-order valence-corrected chi connectivity index (χ3v) is 7.02. The Balaban J connectivity index is 1.48. The average molecular weight is 602 g/mol. The lowest BCUT2D eigenvalue weighted by atomic mass is 10.0. The maximum Gasteiger partial charge on any atom is 0.411 e. The van der Waals surface area contributed by atoms with Crippen molar-refractivity contribution < 1.29 is 19.1 Å². The number of benzene rings is 3. The zero-order valence-corrected chi connectivity index (χ0v) is 23.5. The van der Waals surface area contributed by atoms with E-state index in [2.05, 4.69) is 20.8 Å². The predicted molar refractivity (Wildman–Crippen MR) is 159 cm³/mol. The first-order valence-electron chi connectivity index (χ1n) is 13.1. The second-order valence-electron chi connectivity index (χ2n) is 9.49. The minimum absolute atomic E-state index is 0.0963. The molecule has 2 aromatic heterocycles. The number of amides is 2. The van der Waals surface area contributed by atoms with Crippen LogP contribution >= 0.6 is 11.6 Å². The van der Waals surface area contributed by atoms with Gasteiger partial charge in [0.15, 0.2) is 0 Å². The summed E-state index contributed by atoms with van der Waals surface area (Å²) in [6.07, 6.45) is 1.94. The van der Waals surface area contributed by atoms with Crippen molar-refractivity contribution in [3.63, 3.8) is 0 Å². The summed E-state index contributed by atoms with van der Waals surface area (Å²) in [6, 6.07) is 19.2. The van der Waals surface area contributed by atoms with E-state index in [0.717, 1.165) is 4.90 Å². The second-order valence-corrected chi connectivity index (χ2v) is 9.92. The topological polar surface area (TPSA) is 135 Å². The highest BCUT2D eigenvalue weighted by Crippen LogP contribution is 2.29. The van der Waals surface area contributed by atoms with E-state index < -0.39 is 29.4 Å². The molecule has 0 unspecified atom stereocenters. The third kappa shape index (κ3) is 6.60. The van der Waals surface area contributed by atoms with E-state index in [4.69, 9.17) is 11.6 Å². The first-order valence-corrected chi connectivity index (χ1v) is 13.5. The van der Waals surface area contributed by atoms with Gasteiger partial charge in [-0.3, -0.25) is 14.5 Å². The zero-order chi connectivity index (χ0) is 30.5. The van der Waals surface area contributed by atoms with E-state index in [1.54, 1.807) is 67.6 Å². The molecule has 0 aliphatic rings. The van der Waals surface area contributed by atoms with Crippen molar-refractivity contribution in [3.8, 4) is 16.8 Å². The molecule has 1 atom stereocenters. The van der Waals surface area contributed by atoms with Crippen LogP contribution in [0.4, 0.5) is 20.6 Å². The Morgan fingerprint density at radius 3 is 2.42 bits per heavy atom. The van der Waals surface area contributed by atoms with Crippen LogP contribution in [0.15, 0.2) is 96.2 Å².